The number of imide groups is 1. The molecule has 3 amide bonds. The molecule has 0 bridgehead atoms. The fourth-order valence-electron chi connectivity index (χ4n) is 3.62. The van der Waals surface area contributed by atoms with Crippen LogP contribution in [0.3, 0.4) is 0 Å². The minimum atomic E-state index is -3.19. The third-order valence-electron chi connectivity index (χ3n) is 5.20. The SMILES string of the molecule is C[C@H]1[C@@H](CN2C(=O)c3ccccc3C2=O)C(F)(F)[C@@H](C)CN1C(=O)O. The first kappa shape index (κ1) is 17.3. The van der Waals surface area contributed by atoms with Crippen molar-refractivity contribution in [2.75, 3.05) is 13.1 Å². The van der Waals surface area contributed by atoms with Crippen LogP contribution >= 0.6 is 0 Å². The zero-order valence-corrected chi connectivity index (χ0v) is 13.8. The number of carbonyl (C=O) groups excluding carboxylic acids is 2. The Hall–Kier alpha value is -2.51. The van der Waals surface area contributed by atoms with Gasteiger partial charge in [0.1, 0.15) is 0 Å². The molecule has 1 aromatic carbocycles. The summed E-state index contributed by atoms with van der Waals surface area (Å²) in [6.07, 6.45) is -1.29. The Labute approximate surface area is 143 Å². The van der Waals surface area contributed by atoms with Gasteiger partial charge in [-0.25, -0.2) is 13.6 Å². The summed E-state index contributed by atoms with van der Waals surface area (Å²) in [4.78, 5) is 37.9. The molecule has 25 heavy (non-hydrogen) atoms. The van der Waals surface area contributed by atoms with Gasteiger partial charge in [-0.1, -0.05) is 19.1 Å². The Morgan fingerprint density at radius 2 is 1.72 bits per heavy atom. The highest BCUT2D eigenvalue weighted by Gasteiger charge is 2.55. The van der Waals surface area contributed by atoms with E-state index in [9.17, 15) is 28.3 Å². The molecular weight excluding hydrogens is 334 g/mol. The first-order valence-electron chi connectivity index (χ1n) is 7.98. The van der Waals surface area contributed by atoms with Crippen LogP contribution in [0.15, 0.2) is 24.3 Å². The molecule has 1 N–H and O–H groups in total. The number of rotatable bonds is 2. The van der Waals surface area contributed by atoms with E-state index in [0.717, 1.165) is 9.80 Å². The summed E-state index contributed by atoms with van der Waals surface area (Å²) in [6.45, 7) is 1.85. The number of carbonyl (C=O) groups is 3. The lowest BCUT2D eigenvalue weighted by atomic mass is 9.80. The number of nitrogens with zero attached hydrogens (tertiary/aromatic N) is 2. The lowest BCUT2D eigenvalue weighted by Crippen LogP contribution is -2.61. The fourth-order valence-corrected chi connectivity index (χ4v) is 3.62. The van der Waals surface area contributed by atoms with Crippen LogP contribution in [-0.2, 0) is 0 Å². The van der Waals surface area contributed by atoms with Crippen LogP contribution in [0.1, 0.15) is 34.6 Å². The number of amides is 3. The molecule has 0 aliphatic carbocycles. The molecule has 0 saturated carbocycles. The molecule has 0 radical (unpaired) electrons. The molecule has 1 saturated heterocycles. The number of piperidine rings is 1. The van der Waals surface area contributed by atoms with E-state index in [-0.39, 0.29) is 17.7 Å². The smallest absolute Gasteiger partial charge is 0.407 e. The highest BCUT2D eigenvalue weighted by atomic mass is 19.3. The number of benzene rings is 1. The summed E-state index contributed by atoms with van der Waals surface area (Å²) in [6, 6.07) is 5.13. The molecule has 8 heteroatoms. The molecule has 2 aliphatic rings. The fraction of sp³-hybridized carbons (Fsp3) is 0.471. The maximum atomic E-state index is 14.7. The summed E-state index contributed by atoms with van der Waals surface area (Å²) in [5.74, 6) is -7.11. The van der Waals surface area contributed by atoms with E-state index in [4.69, 9.17) is 0 Å². The molecule has 0 aromatic heterocycles. The van der Waals surface area contributed by atoms with Crippen molar-refractivity contribution in [3.05, 3.63) is 35.4 Å². The van der Waals surface area contributed by atoms with E-state index in [1.54, 1.807) is 12.1 Å². The quantitative estimate of drug-likeness (QED) is 0.830. The molecule has 0 spiro atoms. The number of hydrogen-bond donors (Lipinski definition) is 1. The Morgan fingerprint density at radius 3 is 2.20 bits per heavy atom. The van der Waals surface area contributed by atoms with Gasteiger partial charge in [-0.15, -0.1) is 0 Å². The van der Waals surface area contributed by atoms with Crippen LogP contribution in [-0.4, -0.2) is 57.9 Å². The maximum Gasteiger partial charge on any atom is 0.407 e. The lowest BCUT2D eigenvalue weighted by Gasteiger charge is -2.46. The number of halogens is 2. The van der Waals surface area contributed by atoms with Crippen molar-refractivity contribution in [2.45, 2.75) is 25.8 Å². The zero-order chi connectivity index (χ0) is 18.5. The van der Waals surface area contributed by atoms with E-state index < -0.39 is 48.3 Å². The van der Waals surface area contributed by atoms with Crippen LogP contribution in [0.5, 0.6) is 0 Å². The van der Waals surface area contributed by atoms with Crippen molar-refractivity contribution < 1.29 is 28.3 Å². The standard InChI is InChI=1S/C17H18F2N2O4/c1-9-7-20(16(24)25)10(2)13(17(9,18)19)8-21-14(22)11-5-3-4-6-12(11)15(21)23/h3-6,9-10,13H,7-8H2,1-2H3,(H,24,25)/t9-,10-,13+/m0/s1. The van der Waals surface area contributed by atoms with Crippen LogP contribution in [0.2, 0.25) is 0 Å². The third-order valence-corrected chi connectivity index (χ3v) is 5.20. The zero-order valence-electron chi connectivity index (χ0n) is 13.8. The second-order valence-electron chi connectivity index (χ2n) is 6.62. The van der Waals surface area contributed by atoms with Gasteiger partial charge in [0.15, 0.2) is 0 Å². The highest BCUT2D eigenvalue weighted by Crippen LogP contribution is 2.42. The van der Waals surface area contributed by atoms with E-state index >= 15 is 0 Å². The first-order valence-corrected chi connectivity index (χ1v) is 7.98. The Kier molecular flexibility index (Phi) is 4.01. The number of carboxylic acid groups (broad SMARTS) is 1. The lowest BCUT2D eigenvalue weighted by molar-refractivity contribution is -0.159. The number of likely N-dealkylation sites (tertiary alicyclic amines) is 1. The summed E-state index contributed by atoms with van der Waals surface area (Å²) in [5.41, 5.74) is 0.366. The van der Waals surface area contributed by atoms with Crippen molar-refractivity contribution >= 4 is 17.9 Å². The normalized spacial score (nSPS) is 28.2. The van der Waals surface area contributed by atoms with Crippen molar-refractivity contribution in [1.29, 1.82) is 0 Å². The number of hydrogen-bond acceptors (Lipinski definition) is 3. The Morgan fingerprint density at radius 1 is 1.20 bits per heavy atom. The van der Waals surface area contributed by atoms with E-state index in [0.29, 0.717) is 0 Å². The average molecular weight is 352 g/mol. The van der Waals surface area contributed by atoms with Gasteiger partial charge in [0, 0.05) is 25.0 Å². The average Bonchev–Trinajstić information content (AvgIpc) is 2.79. The van der Waals surface area contributed by atoms with Gasteiger partial charge in [0.25, 0.3) is 17.7 Å². The van der Waals surface area contributed by atoms with Gasteiger partial charge in [-0.05, 0) is 19.1 Å². The molecule has 1 aromatic rings. The van der Waals surface area contributed by atoms with Crippen molar-refractivity contribution in [3.63, 3.8) is 0 Å². The van der Waals surface area contributed by atoms with Crippen LogP contribution < -0.4 is 0 Å². The predicted molar refractivity (Wildman–Crippen MR) is 83.6 cm³/mol. The minimum Gasteiger partial charge on any atom is -0.465 e. The number of fused-ring (bicyclic) bond motifs is 1. The van der Waals surface area contributed by atoms with Gasteiger partial charge >= 0.3 is 6.09 Å². The summed E-state index contributed by atoms with van der Waals surface area (Å²) < 4.78 is 29.4. The van der Waals surface area contributed by atoms with Crippen LogP contribution in [0, 0.1) is 11.8 Å². The van der Waals surface area contributed by atoms with E-state index in [2.05, 4.69) is 0 Å². The summed E-state index contributed by atoms with van der Waals surface area (Å²) in [7, 11) is 0. The van der Waals surface area contributed by atoms with Crippen LogP contribution in [0.25, 0.3) is 0 Å². The van der Waals surface area contributed by atoms with Crippen molar-refractivity contribution in [2.24, 2.45) is 11.8 Å². The molecule has 3 rings (SSSR count). The van der Waals surface area contributed by atoms with Crippen molar-refractivity contribution in [1.82, 2.24) is 9.80 Å². The Bertz CT molecular complexity index is 717. The molecule has 1 fully saturated rings. The molecule has 2 heterocycles. The molecule has 0 unspecified atom stereocenters. The van der Waals surface area contributed by atoms with Crippen molar-refractivity contribution in [3.8, 4) is 0 Å². The number of alkyl halides is 2. The van der Waals surface area contributed by atoms with Gasteiger partial charge in [0.2, 0.25) is 0 Å². The Balaban J connectivity index is 1.91. The predicted octanol–water partition coefficient (Wildman–Crippen LogP) is 2.55. The van der Waals surface area contributed by atoms with Gasteiger partial charge in [-0.2, -0.15) is 0 Å². The second kappa shape index (κ2) is 5.79. The van der Waals surface area contributed by atoms with Gasteiger partial charge in [-0.3, -0.25) is 14.5 Å². The molecule has 6 nitrogen and oxygen atoms in total. The van der Waals surface area contributed by atoms with Gasteiger partial charge < -0.3 is 10.0 Å². The van der Waals surface area contributed by atoms with E-state index in [1.807, 2.05) is 0 Å². The largest absolute Gasteiger partial charge is 0.465 e. The molecular formula is C17H18F2N2O4. The summed E-state index contributed by atoms with van der Waals surface area (Å²) >= 11 is 0. The molecule has 3 atom stereocenters. The minimum absolute atomic E-state index is 0.183. The maximum absolute atomic E-state index is 14.7. The van der Waals surface area contributed by atoms with Gasteiger partial charge in [0.05, 0.1) is 17.0 Å². The third kappa shape index (κ3) is 2.56. The van der Waals surface area contributed by atoms with E-state index in [1.165, 1.54) is 26.0 Å². The second-order valence-corrected chi connectivity index (χ2v) is 6.62. The van der Waals surface area contributed by atoms with Crippen LogP contribution in [0.4, 0.5) is 13.6 Å². The molecule has 2 aliphatic heterocycles. The monoisotopic (exact) mass is 352 g/mol. The summed E-state index contributed by atoms with van der Waals surface area (Å²) in [5, 5.41) is 9.25. The topological polar surface area (TPSA) is 77.9 Å². The highest BCUT2D eigenvalue weighted by molar-refractivity contribution is 6.21. The first-order chi connectivity index (χ1) is 11.7. The molecule has 134 valence electrons.